The number of aryl methyl sites for hydroxylation is 2. The van der Waals surface area contributed by atoms with Crippen molar-refractivity contribution in [3.63, 3.8) is 0 Å². The molecule has 1 aromatic heterocycles. The lowest BCUT2D eigenvalue weighted by atomic mass is 10.1. The zero-order valence-corrected chi connectivity index (χ0v) is 12.8. The lowest BCUT2D eigenvalue weighted by Gasteiger charge is -2.11. The van der Waals surface area contributed by atoms with Gasteiger partial charge >= 0.3 is 0 Å². The summed E-state index contributed by atoms with van der Waals surface area (Å²) in [6.07, 6.45) is 2.29. The molecule has 2 N–H and O–H groups in total. The van der Waals surface area contributed by atoms with Gasteiger partial charge in [0.15, 0.2) is 0 Å². The summed E-state index contributed by atoms with van der Waals surface area (Å²) in [6, 6.07) is 8.05. The number of rotatable bonds is 5. The van der Waals surface area contributed by atoms with Crippen molar-refractivity contribution >= 4 is 15.7 Å². The van der Waals surface area contributed by atoms with E-state index in [-0.39, 0.29) is 11.5 Å². The number of nitrogens with zero attached hydrogens (tertiary/aromatic N) is 1. The van der Waals surface area contributed by atoms with E-state index in [4.69, 9.17) is 0 Å². The molecule has 0 aliphatic heterocycles. The topological polar surface area (TPSA) is 79.3 Å². The SMILES string of the molecule is CCc1ccc(S(=O)(=O)Nc2ccnc(C)c2)cc1CO. The molecule has 6 heteroatoms. The van der Waals surface area contributed by atoms with Crippen LogP contribution in [0.15, 0.2) is 41.4 Å². The molecule has 0 radical (unpaired) electrons. The minimum absolute atomic E-state index is 0.137. The lowest BCUT2D eigenvalue weighted by Crippen LogP contribution is -2.14. The van der Waals surface area contributed by atoms with E-state index in [1.807, 2.05) is 6.92 Å². The molecule has 1 heterocycles. The van der Waals surface area contributed by atoms with Crippen LogP contribution in [-0.4, -0.2) is 18.5 Å². The Morgan fingerprint density at radius 3 is 2.57 bits per heavy atom. The summed E-state index contributed by atoms with van der Waals surface area (Å²) in [7, 11) is -3.68. The number of aliphatic hydroxyl groups is 1. The standard InChI is InChI=1S/C15H18N2O3S/c1-3-12-4-5-15(9-13(12)10-18)21(19,20)17-14-6-7-16-11(2)8-14/h4-9,18H,3,10H2,1-2H3,(H,16,17). The maximum absolute atomic E-state index is 12.4. The van der Waals surface area contributed by atoms with Crippen LogP contribution in [0, 0.1) is 6.92 Å². The van der Waals surface area contributed by atoms with E-state index < -0.39 is 10.0 Å². The van der Waals surface area contributed by atoms with Crippen LogP contribution in [0.25, 0.3) is 0 Å². The van der Waals surface area contributed by atoms with Gasteiger partial charge in [0.25, 0.3) is 10.0 Å². The number of anilines is 1. The molecule has 0 amide bonds. The molecule has 0 saturated carbocycles. The molecular weight excluding hydrogens is 288 g/mol. The van der Waals surface area contributed by atoms with Crippen molar-refractivity contribution in [3.8, 4) is 0 Å². The number of aromatic nitrogens is 1. The van der Waals surface area contributed by atoms with Crippen LogP contribution >= 0.6 is 0 Å². The lowest BCUT2D eigenvalue weighted by molar-refractivity contribution is 0.280. The third-order valence-corrected chi connectivity index (χ3v) is 4.57. The van der Waals surface area contributed by atoms with Crippen molar-refractivity contribution in [2.75, 3.05) is 4.72 Å². The van der Waals surface area contributed by atoms with Crippen LogP contribution in [0.4, 0.5) is 5.69 Å². The zero-order chi connectivity index (χ0) is 15.5. The molecule has 0 atom stereocenters. The summed E-state index contributed by atoms with van der Waals surface area (Å²) in [5.74, 6) is 0. The Bertz CT molecular complexity index is 742. The van der Waals surface area contributed by atoms with E-state index in [0.29, 0.717) is 11.3 Å². The van der Waals surface area contributed by atoms with Crippen LogP contribution in [0.2, 0.25) is 0 Å². The number of hydrogen-bond acceptors (Lipinski definition) is 4. The fourth-order valence-electron chi connectivity index (χ4n) is 2.08. The van der Waals surface area contributed by atoms with Crippen LogP contribution in [0.3, 0.4) is 0 Å². The number of aliphatic hydroxyl groups excluding tert-OH is 1. The van der Waals surface area contributed by atoms with Gasteiger partial charge < -0.3 is 5.11 Å². The molecule has 0 spiro atoms. The fourth-order valence-corrected chi connectivity index (χ4v) is 3.18. The molecule has 2 rings (SSSR count). The first-order valence-corrected chi connectivity index (χ1v) is 8.12. The maximum Gasteiger partial charge on any atom is 0.261 e. The van der Waals surface area contributed by atoms with Crippen molar-refractivity contribution in [1.29, 1.82) is 0 Å². The summed E-state index contributed by atoms with van der Waals surface area (Å²) in [4.78, 5) is 4.16. The van der Waals surface area contributed by atoms with E-state index >= 15 is 0 Å². The van der Waals surface area contributed by atoms with Gasteiger partial charge in [-0.25, -0.2) is 8.42 Å². The Balaban J connectivity index is 2.35. The molecule has 2 aromatic rings. The summed E-state index contributed by atoms with van der Waals surface area (Å²) in [6.45, 7) is 3.57. The highest BCUT2D eigenvalue weighted by Gasteiger charge is 2.16. The van der Waals surface area contributed by atoms with Gasteiger partial charge in [0.05, 0.1) is 17.2 Å². The van der Waals surface area contributed by atoms with E-state index in [1.54, 1.807) is 37.4 Å². The third-order valence-electron chi connectivity index (χ3n) is 3.19. The predicted octanol–water partition coefficient (Wildman–Crippen LogP) is 2.25. The first-order valence-electron chi connectivity index (χ1n) is 6.64. The Kier molecular flexibility index (Phi) is 4.59. The third kappa shape index (κ3) is 3.59. The Morgan fingerprint density at radius 1 is 1.19 bits per heavy atom. The van der Waals surface area contributed by atoms with E-state index in [9.17, 15) is 13.5 Å². The van der Waals surface area contributed by atoms with Gasteiger partial charge in [-0.1, -0.05) is 13.0 Å². The van der Waals surface area contributed by atoms with Crippen molar-refractivity contribution in [3.05, 3.63) is 53.3 Å². The van der Waals surface area contributed by atoms with Crippen molar-refractivity contribution in [2.45, 2.75) is 31.8 Å². The van der Waals surface area contributed by atoms with Crippen LogP contribution in [0.1, 0.15) is 23.7 Å². The predicted molar refractivity (Wildman–Crippen MR) is 81.5 cm³/mol. The van der Waals surface area contributed by atoms with Gasteiger partial charge in [0.2, 0.25) is 0 Å². The highest BCUT2D eigenvalue weighted by atomic mass is 32.2. The summed E-state index contributed by atoms with van der Waals surface area (Å²) in [5.41, 5.74) is 2.77. The molecule has 0 aliphatic rings. The Labute approximate surface area is 124 Å². The molecule has 1 aromatic carbocycles. The van der Waals surface area contributed by atoms with E-state index in [2.05, 4.69) is 9.71 Å². The zero-order valence-electron chi connectivity index (χ0n) is 12.0. The number of sulfonamides is 1. The number of benzene rings is 1. The first kappa shape index (κ1) is 15.5. The average Bonchev–Trinajstić information content (AvgIpc) is 2.46. The first-order chi connectivity index (χ1) is 9.96. The quantitative estimate of drug-likeness (QED) is 0.888. The van der Waals surface area contributed by atoms with Gasteiger partial charge in [0, 0.05) is 11.9 Å². The molecule has 5 nitrogen and oxygen atoms in total. The number of pyridine rings is 1. The van der Waals surface area contributed by atoms with Crippen LogP contribution < -0.4 is 4.72 Å². The van der Waals surface area contributed by atoms with Crippen molar-refractivity contribution in [2.24, 2.45) is 0 Å². The molecule has 0 fully saturated rings. The van der Waals surface area contributed by atoms with Crippen molar-refractivity contribution < 1.29 is 13.5 Å². The van der Waals surface area contributed by atoms with Crippen LogP contribution in [0.5, 0.6) is 0 Å². The molecule has 0 saturated heterocycles. The smallest absolute Gasteiger partial charge is 0.261 e. The second-order valence-corrected chi connectivity index (χ2v) is 6.42. The summed E-state index contributed by atoms with van der Waals surface area (Å²) in [5, 5.41) is 9.34. The average molecular weight is 306 g/mol. The highest BCUT2D eigenvalue weighted by molar-refractivity contribution is 7.92. The van der Waals surface area contributed by atoms with E-state index in [0.717, 1.165) is 17.7 Å². The molecule has 0 unspecified atom stereocenters. The number of hydrogen-bond donors (Lipinski definition) is 2. The molecular formula is C15H18N2O3S. The minimum atomic E-state index is -3.68. The van der Waals surface area contributed by atoms with Gasteiger partial charge in [-0.3, -0.25) is 9.71 Å². The van der Waals surface area contributed by atoms with Gasteiger partial charge in [-0.2, -0.15) is 0 Å². The fraction of sp³-hybridized carbons (Fsp3) is 0.267. The molecule has 112 valence electrons. The van der Waals surface area contributed by atoms with Crippen molar-refractivity contribution in [1.82, 2.24) is 4.98 Å². The summed E-state index contributed by atoms with van der Waals surface area (Å²) < 4.78 is 27.2. The normalized spacial score (nSPS) is 11.4. The second-order valence-electron chi connectivity index (χ2n) is 4.73. The molecule has 0 bridgehead atoms. The Morgan fingerprint density at radius 2 is 1.95 bits per heavy atom. The minimum Gasteiger partial charge on any atom is -0.392 e. The largest absolute Gasteiger partial charge is 0.392 e. The highest BCUT2D eigenvalue weighted by Crippen LogP contribution is 2.20. The van der Waals surface area contributed by atoms with Crippen LogP contribution in [-0.2, 0) is 23.1 Å². The van der Waals surface area contributed by atoms with Gasteiger partial charge in [-0.05, 0) is 48.7 Å². The summed E-state index contributed by atoms with van der Waals surface area (Å²) >= 11 is 0. The van der Waals surface area contributed by atoms with Gasteiger partial charge in [-0.15, -0.1) is 0 Å². The maximum atomic E-state index is 12.4. The molecule has 0 aliphatic carbocycles. The van der Waals surface area contributed by atoms with E-state index in [1.165, 1.54) is 6.07 Å². The monoisotopic (exact) mass is 306 g/mol. The Hall–Kier alpha value is -1.92. The number of nitrogens with one attached hydrogen (secondary N) is 1. The molecule has 21 heavy (non-hydrogen) atoms. The second kappa shape index (κ2) is 6.24. The van der Waals surface area contributed by atoms with Gasteiger partial charge in [0.1, 0.15) is 0 Å².